The van der Waals surface area contributed by atoms with E-state index in [4.69, 9.17) is 5.11 Å². The van der Waals surface area contributed by atoms with Crippen molar-refractivity contribution in [3.05, 3.63) is 33.3 Å². The van der Waals surface area contributed by atoms with E-state index in [1.165, 1.54) is 11.3 Å². The molecule has 6 heteroatoms. The lowest BCUT2D eigenvalue weighted by atomic mass is 10.3. The molecule has 5 nitrogen and oxygen atoms in total. The second-order valence-corrected chi connectivity index (χ2v) is 6.63. The summed E-state index contributed by atoms with van der Waals surface area (Å²) in [5.41, 5.74) is 3.19. The molecule has 0 unspecified atom stereocenters. The number of carbonyl (C=O) groups is 1. The number of carboxylic acids is 1. The minimum absolute atomic E-state index is 0.0913. The third-order valence-electron chi connectivity index (χ3n) is 3.30. The van der Waals surface area contributed by atoms with Gasteiger partial charge in [-0.25, -0.2) is 0 Å². The van der Waals surface area contributed by atoms with E-state index in [0.717, 1.165) is 26.8 Å². The van der Waals surface area contributed by atoms with Crippen LogP contribution in [-0.2, 0) is 17.8 Å². The molecule has 2 N–H and O–H groups in total. The number of anilines is 1. The van der Waals surface area contributed by atoms with Gasteiger partial charge >= 0.3 is 5.97 Å². The van der Waals surface area contributed by atoms with Crippen LogP contribution in [0.15, 0.2) is 12.1 Å². The van der Waals surface area contributed by atoms with E-state index in [1.54, 1.807) is 0 Å². The van der Waals surface area contributed by atoms with Crippen molar-refractivity contribution in [1.82, 2.24) is 9.78 Å². The standard InChI is InChI=1S/C15H21N3O2S/c1-9(2)18-11(4)15(10(3)17-18)16-8-13-6-5-12(21-13)7-14(19)20/h5-6,9,16H,7-8H2,1-4H3,(H,19,20). The normalized spacial score (nSPS) is 11.1. The van der Waals surface area contributed by atoms with E-state index in [1.807, 2.05) is 23.7 Å². The summed E-state index contributed by atoms with van der Waals surface area (Å²) in [6, 6.07) is 4.20. The number of nitrogens with zero attached hydrogens (tertiary/aromatic N) is 2. The molecule has 2 aromatic rings. The second kappa shape index (κ2) is 6.30. The van der Waals surface area contributed by atoms with Crippen LogP contribution in [0.25, 0.3) is 0 Å². The van der Waals surface area contributed by atoms with Gasteiger partial charge in [-0.3, -0.25) is 9.48 Å². The predicted octanol–water partition coefficient (Wildman–Crippen LogP) is 3.38. The van der Waals surface area contributed by atoms with Crippen LogP contribution in [0.3, 0.4) is 0 Å². The van der Waals surface area contributed by atoms with Gasteiger partial charge in [0.1, 0.15) is 0 Å². The number of aromatic nitrogens is 2. The fourth-order valence-electron chi connectivity index (χ4n) is 2.36. The first-order valence-corrected chi connectivity index (χ1v) is 7.79. The maximum Gasteiger partial charge on any atom is 0.308 e. The van der Waals surface area contributed by atoms with Gasteiger partial charge in [-0.2, -0.15) is 5.10 Å². The van der Waals surface area contributed by atoms with Crippen LogP contribution < -0.4 is 5.32 Å². The summed E-state index contributed by atoms with van der Waals surface area (Å²) >= 11 is 1.53. The Labute approximate surface area is 128 Å². The number of hydrogen-bond acceptors (Lipinski definition) is 4. The van der Waals surface area contributed by atoms with Gasteiger partial charge in [-0.05, 0) is 39.8 Å². The van der Waals surface area contributed by atoms with Crippen LogP contribution in [0.4, 0.5) is 5.69 Å². The molecule has 0 radical (unpaired) electrons. The Morgan fingerprint density at radius 1 is 1.38 bits per heavy atom. The van der Waals surface area contributed by atoms with E-state index in [2.05, 4.69) is 31.2 Å². The number of carboxylic acid groups (broad SMARTS) is 1. The highest BCUT2D eigenvalue weighted by atomic mass is 32.1. The summed E-state index contributed by atoms with van der Waals surface area (Å²) in [6.45, 7) is 8.97. The quantitative estimate of drug-likeness (QED) is 0.858. The number of aliphatic carboxylic acids is 1. The number of hydrogen-bond donors (Lipinski definition) is 2. The maximum atomic E-state index is 10.7. The molecule has 2 rings (SSSR count). The summed E-state index contributed by atoms with van der Waals surface area (Å²) in [7, 11) is 0. The number of rotatable bonds is 6. The van der Waals surface area contributed by atoms with E-state index in [0.29, 0.717) is 12.6 Å². The first-order valence-electron chi connectivity index (χ1n) is 6.97. The van der Waals surface area contributed by atoms with E-state index in [9.17, 15) is 4.79 Å². The molecule has 0 amide bonds. The topological polar surface area (TPSA) is 67.2 Å². The summed E-state index contributed by atoms with van der Waals surface area (Å²) in [5.74, 6) is -0.791. The Balaban J connectivity index is 2.06. The minimum Gasteiger partial charge on any atom is -0.481 e. The molecule has 0 aliphatic heterocycles. The lowest BCUT2D eigenvalue weighted by Crippen LogP contribution is -2.05. The van der Waals surface area contributed by atoms with Crippen LogP contribution in [-0.4, -0.2) is 20.9 Å². The van der Waals surface area contributed by atoms with Crippen LogP contribution in [0.1, 0.15) is 41.0 Å². The molecular weight excluding hydrogens is 286 g/mol. The summed E-state index contributed by atoms with van der Waals surface area (Å²) in [6.07, 6.45) is 0.0913. The van der Waals surface area contributed by atoms with Crippen molar-refractivity contribution < 1.29 is 9.90 Å². The average molecular weight is 307 g/mol. The fourth-order valence-corrected chi connectivity index (χ4v) is 3.31. The lowest BCUT2D eigenvalue weighted by Gasteiger charge is -2.09. The van der Waals surface area contributed by atoms with Crippen LogP contribution >= 0.6 is 11.3 Å². The molecule has 0 spiro atoms. The highest BCUT2D eigenvalue weighted by Gasteiger charge is 2.13. The largest absolute Gasteiger partial charge is 0.481 e. The number of nitrogens with one attached hydrogen (secondary N) is 1. The van der Waals surface area contributed by atoms with Crippen molar-refractivity contribution in [2.24, 2.45) is 0 Å². The van der Waals surface area contributed by atoms with Gasteiger partial charge in [-0.15, -0.1) is 11.3 Å². The van der Waals surface area contributed by atoms with Crippen molar-refractivity contribution in [2.45, 2.75) is 46.7 Å². The summed E-state index contributed by atoms with van der Waals surface area (Å²) in [5, 5.41) is 16.8. The lowest BCUT2D eigenvalue weighted by molar-refractivity contribution is -0.136. The van der Waals surface area contributed by atoms with Crippen molar-refractivity contribution in [3.63, 3.8) is 0 Å². The van der Waals surface area contributed by atoms with Gasteiger partial charge in [-0.1, -0.05) is 0 Å². The van der Waals surface area contributed by atoms with Crippen molar-refractivity contribution >= 4 is 23.0 Å². The predicted molar refractivity (Wildman–Crippen MR) is 85.1 cm³/mol. The first kappa shape index (κ1) is 15.6. The molecule has 0 saturated heterocycles. The zero-order valence-electron chi connectivity index (χ0n) is 12.8. The Hall–Kier alpha value is -1.82. The Morgan fingerprint density at radius 2 is 2.05 bits per heavy atom. The van der Waals surface area contributed by atoms with Gasteiger partial charge in [0.2, 0.25) is 0 Å². The Morgan fingerprint density at radius 3 is 2.62 bits per heavy atom. The smallest absolute Gasteiger partial charge is 0.308 e. The fraction of sp³-hybridized carbons (Fsp3) is 0.467. The Kier molecular flexibility index (Phi) is 4.67. The molecule has 0 bridgehead atoms. The SMILES string of the molecule is Cc1nn(C(C)C)c(C)c1NCc1ccc(CC(=O)O)s1. The molecule has 21 heavy (non-hydrogen) atoms. The van der Waals surface area contributed by atoms with Crippen molar-refractivity contribution in [3.8, 4) is 0 Å². The van der Waals surface area contributed by atoms with Crippen LogP contribution in [0, 0.1) is 13.8 Å². The maximum absolute atomic E-state index is 10.7. The van der Waals surface area contributed by atoms with Gasteiger partial charge in [0.05, 0.1) is 23.5 Å². The van der Waals surface area contributed by atoms with Gasteiger partial charge in [0.15, 0.2) is 0 Å². The van der Waals surface area contributed by atoms with E-state index in [-0.39, 0.29) is 6.42 Å². The van der Waals surface area contributed by atoms with Gasteiger partial charge < -0.3 is 10.4 Å². The molecule has 0 saturated carbocycles. The third-order valence-corrected chi connectivity index (χ3v) is 4.38. The highest BCUT2D eigenvalue weighted by molar-refractivity contribution is 7.12. The van der Waals surface area contributed by atoms with E-state index >= 15 is 0 Å². The molecule has 114 valence electrons. The highest BCUT2D eigenvalue weighted by Crippen LogP contribution is 2.24. The number of thiophene rings is 1. The molecule has 0 atom stereocenters. The summed E-state index contributed by atoms with van der Waals surface area (Å²) in [4.78, 5) is 12.7. The van der Waals surface area contributed by atoms with Gasteiger partial charge in [0, 0.05) is 22.3 Å². The zero-order chi connectivity index (χ0) is 15.6. The zero-order valence-corrected chi connectivity index (χ0v) is 13.6. The monoisotopic (exact) mass is 307 g/mol. The second-order valence-electron chi connectivity index (χ2n) is 5.38. The summed E-state index contributed by atoms with van der Waals surface area (Å²) < 4.78 is 2.02. The van der Waals surface area contributed by atoms with Crippen molar-refractivity contribution in [1.29, 1.82) is 0 Å². The minimum atomic E-state index is -0.791. The molecule has 2 aromatic heterocycles. The van der Waals surface area contributed by atoms with E-state index < -0.39 is 5.97 Å². The van der Waals surface area contributed by atoms with Crippen LogP contribution in [0.2, 0.25) is 0 Å². The molecule has 0 fully saturated rings. The molecule has 0 aliphatic carbocycles. The number of aryl methyl sites for hydroxylation is 1. The third kappa shape index (κ3) is 3.64. The van der Waals surface area contributed by atoms with Crippen LogP contribution in [0.5, 0.6) is 0 Å². The molecular formula is C15H21N3O2S. The molecule has 2 heterocycles. The molecule has 0 aromatic carbocycles. The molecule has 0 aliphatic rings. The average Bonchev–Trinajstić information content (AvgIpc) is 2.92. The Bertz CT molecular complexity index is 643. The van der Waals surface area contributed by atoms with Gasteiger partial charge in [0.25, 0.3) is 0 Å². The first-order chi connectivity index (χ1) is 9.88. The van der Waals surface area contributed by atoms with Crippen molar-refractivity contribution in [2.75, 3.05) is 5.32 Å².